The van der Waals surface area contributed by atoms with Gasteiger partial charge in [-0.3, -0.25) is 14.5 Å². The first-order valence-electron chi connectivity index (χ1n) is 19.5. The monoisotopic (exact) mass is 729 g/mol. The van der Waals surface area contributed by atoms with Gasteiger partial charge in [0.1, 0.15) is 0 Å². The van der Waals surface area contributed by atoms with E-state index in [-0.39, 0.29) is 5.91 Å². The van der Waals surface area contributed by atoms with E-state index in [4.69, 9.17) is 5.11 Å². The van der Waals surface area contributed by atoms with Gasteiger partial charge in [-0.1, -0.05) is 129 Å². The maximum atomic E-state index is 12.5. The lowest BCUT2D eigenvalue weighted by molar-refractivity contribution is -0.117. The van der Waals surface area contributed by atoms with Gasteiger partial charge in [-0.05, 0) is 77.6 Å². The topological polar surface area (TPSA) is 76.1 Å². The van der Waals surface area contributed by atoms with Crippen molar-refractivity contribution in [3.63, 3.8) is 0 Å². The number of carbonyl (C=O) groups is 2. The smallest absolute Gasteiger partial charge is 0.253 e. The number of benzene rings is 1. The number of rotatable bonds is 7. The summed E-state index contributed by atoms with van der Waals surface area (Å²) in [6.07, 6.45) is 14.5. The standard InChI is InChI=1S/C17H23N3O2.C8H14.C5H11N.C5H8.C3H6.3C2H6.CH4O/c1-14-2-4-15(5-3-14)17(22)20-10-8-19(9-11-20)16-6-7-18(12-16)13-21;1-5-7-6(2)8(7,3)4;1-3-4-5-6-2;1-3-5-4-2;1-3-2;4*1-2/h2-5,13,16H,6-12H2,1H3;5-6H,1-4H3;3,6H,1,4-5H2,2H3;3-5H,1H2,2H3;3H,1H2,2H3;3*1-2H3;2H,1H3/b;7-5-;;5-4+;;;;;. The molecule has 2 aliphatic heterocycles. The molecule has 1 aliphatic carbocycles. The molecule has 1 aromatic rings. The van der Waals surface area contributed by atoms with Crippen LogP contribution in [0.25, 0.3) is 0 Å². The summed E-state index contributed by atoms with van der Waals surface area (Å²) >= 11 is 0. The fourth-order valence-electron chi connectivity index (χ4n) is 5.14. The van der Waals surface area contributed by atoms with Crippen LogP contribution in [0.15, 0.2) is 86.0 Å². The Morgan fingerprint density at radius 3 is 1.67 bits per heavy atom. The van der Waals surface area contributed by atoms with Crippen LogP contribution in [0.4, 0.5) is 0 Å². The minimum Gasteiger partial charge on any atom is -0.400 e. The van der Waals surface area contributed by atoms with Gasteiger partial charge in [0.2, 0.25) is 6.41 Å². The molecular formula is C45H84N4O3. The van der Waals surface area contributed by atoms with Crippen LogP contribution in [-0.2, 0) is 4.79 Å². The number of hydrogen-bond donors (Lipinski definition) is 2. The van der Waals surface area contributed by atoms with Crippen molar-refractivity contribution in [2.45, 2.75) is 109 Å². The molecule has 7 nitrogen and oxygen atoms in total. The van der Waals surface area contributed by atoms with Crippen LogP contribution in [0, 0.1) is 18.3 Å². The maximum absolute atomic E-state index is 12.5. The summed E-state index contributed by atoms with van der Waals surface area (Å²) in [5, 5.41) is 10.00. The van der Waals surface area contributed by atoms with Crippen molar-refractivity contribution >= 4 is 12.3 Å². The maximum Gasteiger partial charge on any atom is 0.253 e. The molecule has 3 fully saturated rings. The number of likely N-dealkylation sites (tertiary alicyclic amines) is 1. The molecule has 1 aromatic carbocycles. The lowest BCUT2D eigenvalue weighted by atomic mass is 10.1. The van der Waals surface area contributed by atoms with Gasteiger partial charge in [-0.25, -0.2) is 0 Å². The summed E-state index contributed by atoms with van der Waals surface area (Å²) in [5.74, 6) is 0.966. The third-order valence-electron chi connectivity index (χ3n) is 8.21. The molecule has 1 saturated carbocycles. The van der Waals surface area contributed by atoms with Crippen LogP contribution in [0.1, 0.15) is 112 Å². The summed E-state index contributed by atoms with van der Waals surface area (Å²) in [4.78, 5) is 29.5. The summed E-state index contributed by atoms with van der Waals surface area (Å²) in [5.41, 5.74) is 4.10. The minimum atomic E-state index is 0.126. The Labute approximate surface area is 323 Å². The number of aliphatic hydroxyl groups is 1. The first-order chi connectivity index (χ1) is 25.0. The lowest BCUT2D eigenvalue weighted by Gasteiger charge is -2.37. The van der Waals surface area contributed by atoms with Crippen LogP contribution < -0.4 is 5.32 Å². The van der Waals surface area contributed by atoms with E-state index < -0.39 is 0 Å². The molecule has 4 rings (SSSR count). The Kier molecular flexibility index (Phi) is 45.2. The van der Waals surface area contributed by atoms with Gasteiger partial charge in [0.25, 0.3) is 5.91 Å². The summed E-state index contributed by atoms with van der Waals surface area (Å²) in [6, 6.07) is 8.24. The van der Waals surface area contributed by atoms with E-state index in [1.165, 1.54) is 5.56 Å². The van der Waals surface area contributed by atoms with Crippen LogP contribution in [0.2, 0.25) is 0 Å². The zero-order valence-corrected chi connectivity index (χ0v) is 36.6. The van der Waals surface area contributed by atoms with Crippen molar-refractivity contribution in [1.29, 1.82) is 0 Å². The van der Waals surface area contributed by atoms with Crippen molar-refractivity contribution in [2.24, 2.45) is 11.3 Å². The molecule has 0 spiro atoms. The van der Waals surface area contributed by atoms with E-state index in [0.717, 1.165) is 83.7 Å². The number of nitrogens with one attached hydrogen (secondary N) is 1. The molecule has 0 bridgehead atoms. The molecule has 3 aliphatic rings. The first-order valence-corrected chi connectivity index (χ1v) is 19.5. The molecule has 2 unspecified atom stereocenters. The van der Waals surface area contributed by atoms with Crippen LogP contribution >= 0.6 is 0 Å². The second-order valence-electron chi connectivity index (χ2n) is 11.8. The molecule has 2 saturated heterocycles. The Morgan fingerprint density at radius 1 is 0.923 bits per heavy atom. The van der Waals surface area contributed by atoms with Crippen molar-refractivity contribution < 1.29 is 14.7 Å². The van der Waals surface area contributed by atoms with E-state index in [9.17, 15) is 9.59 Å². The number of amides is 2. The first kappa shape index (κ1) is 58.1. The fourth-order valence-corrected chi connectivity index (χ4v) is 5.14. The van der Waals surface area contributed by atoms with Gasteiger partial charge >= 0.3 is 0 Å². The predicted molar refractivity (Wildman–Crippen MR) is 233 cm³/mol. The largest absolute Gasteiger partial charge is 0.400 e. The summed E-state index contributed by atoms with van der Waals surface area (Å²) in [6.45, 7) is 43.3. The lowest BCUT2D eigenvalue weighted by Crippen LogP contribution is -2.52. The van der Waals surface area contributed by atoms with E-state index in [0.29, 0.717) is 11.5 Å². The quantitative estimate of drug-likeness (QED) is 0.127. The summed E-state index contributed by atoms with van der Waals surface area (Å²) in [7, 11) is 2.93. The highest BCUT2D eigenvalue weighted by Gasteiger charge is 2.47. The molecular weight excluding hydrogens is 645 g/mol. The van der Waals surface area contributed by atoms with Gasteiger partial charge < -0.3 is 20.2 Å². The Balaban J connectivity index is -0.000000203. The van der Waals surface area contributed by atoms with E-state index in [1.54, 1.807) is 17.7 Å². The average molecular weight is 729 g/mol. The van der Waals surface area contributed by atoms with E-state index in [1.807, 2.05) is 122 Å². The second-order valence-corrected chi connectivity index (χ2v) is 11.8. The van der Waals surface area contributed by atoms with Crippen molar-refractivity contribution in [3.05, 3.63) is 97.2 Å². The molecule has 7 heteroatoms. The van der Waals surface area contributed by atoms with Crippen LogP contribution in [-0.4, -0.2) is 98.1 Å². The molecule has 2 amide bonds. The van der Waals surface area contributed by atoms with Gasteiger partial charge in [0.05, 0.1) is 0 Å². The van der Waals surface area contributed by atoms with Crippen LogP contribution in [0.5, 0.6) is 0 Å². The fraction of sp³-hybridized carbons (Fsp3) is 0.600. The zero-order valence-electron chi connectivity index (χ0n) is 36.6. The van der Waals surface area contributed by atoms with Crippen LogP contribution in [0.3, 0.4) is 0 Å². The molecule has 2 heterocycles. The highest BCUT2D eigenvalue weighted by molar-refractivity contribution is 5.94. The molecule has 2 atom stereocenters. The highest BCUT2D eigenvalue weighted by atomic mass is 16.2. The number of hydrogen-bond acceptors (Lipinski definition) is 5. The molecule has 52 heavy (non-hydrogen) atoms. The van der Waals surface area contributed by atoms with Gasteiger partial charge in [-0.2, -0.15) is 0 Å². The van der Waals surface area contributed by atoms with Crippen molar-refractivity contribution in [2.75, 3.05) is 60.0 Å². The Morgan fingerprint density at radius 2 is 1.40 bits per heavy atom. The SMILES string of the molecule is C/C=C1/C(C)C1(C)C.C=C/C=C/C.C=CC.C=CCCNC.CC.CC.CC.CO.Cc1ccc(C(=O)N2CCN(C3CCN(C=O)C3)CC2)cc1. The number of aliphatic hydroxyl groups excluding tert-OH is 1. The number of piperazine rings is 1. The van der Waals surface area contributed by atoms with E-state index in [2.05, 4.69) is 63.7 Å². The Bertz CT molecular complexity index is 1040. The van der Waals surface area contributed by atoms with E-state index >= 15 is 0 Å². The number of nitrogens with zero attached hydrogens (tertiary/aromatic N) is 3. The molecule has 0 aromatic heterocycles. The highest BCUT2D eigenvalue weighted by Crippen LogP contribution is 2.57. The molecule has 0 radical (unpaired) electrons. The predicted octanol–water partition coefficient (Wildman–Crippen LogP) is 10.0. The molecule has 2 N–H and O–H groups in total. The minimum absolute atomic E-state index is 0.126. The third-order valence-corrected chi connectivity index (χ3v) is 8.21. The number of carbonyl (C=O) groups excluding carboxylic acids is 2. The summed E-state index contributed by atoms with van der Waals surface area (Å²) < 4.78 is 0. The third kappa shape index (κ3) is 26.5. The number of allylic oxidation sites excluding steroid dienone is 6. The molecule has 302 valence electrons. The van der Waals surface area contributed by atoms with Gasteiger partial charge in [0, 0.05) is 58.0 Å². The Hall–Kier alpha value is -3.26. The van der Waals surface area contributed by atoms with Gasteiger partial charge in [-0.15, -0.1) is 13.2 Å². The van der Waals surface area contributed by atoms with Crippen molar-refractivity contribution in [1.82, 2.24) is 20.0 Å². The average Bonchev–Trinajstić information content (AvgIpc) is 3.46. The second kappa shape index (κ2) is 40.5. The van der Waals surface area contributed by atoms with Crippen molar-refractivity contribution in [3.8, 4) is 0 Å². The zero-order chi connectivity index (χ0) is 41.5. The number of aryl methyl sites for hydroxylation is 1. The van der Waals surface area contributed by atoms with Gasteiger partial charge in [0.15, 0.2) is 0 Å². The normalized spacial score (nSPS) is 18.0.